The summed E-state index contributed by atoms with van der Waals surface area (Å²) in [6, 6.07) is 6.41. The van der Waals surface area contributed by atoms with Crippen molar-refractivity contribution in [1.82, 2.24) is 20.2 Å². The fraction of sp³-hybridized carbons (Fsp3) is 0.481. The Bertz CT molecular complexity index is 1250. The number of alkyl halides is 3. The molecule has 1 aliphatic rings. The van der Waals surface area contributed by atoms with E-state index in [0.717, 1.165) is 25.3 Å². The number of carbonyl (C=O) groups excluding carboxylic acids is 1. The second-order valence-corrected chi connectivity index (χ2v) is 10.4. The van der Waals surface area contributed by atoms with Crippen LogP contribution < -0.4 is 10.1 Å². The maximum Gasteiger partial charge on any atom is 0.417 e. The Labute approximate surface area is 219 Å². The van der Waals surface area contributed by atoms with Gasteiger partial charge in [0.25, 0.3) is 5.91 Å². The molecule has 4 rings (SSSR count). The summed E-state index contributed by atoms with van der Waals surface area (Å²) in [5.74, 6) is 0.971. The first-order valence-electron chi connectivity index (χ1n) is 12.7. The molecule has 3 aromatic rings. The quantitative estimate of drug-likeness (QED) is 0.325. The summed E-state index contributed by atoms with van der Waals surface area (Å²) in [5.41, 5.74) is -1.05. The molecule has 0 aliphatic heterocycles. The van der Waals surface area contributed by atoms with E-state index >= 15 is 0 Å². The summed E-state index contributed by atoms with van der Waals surface area (Å²) in [7, 11) is 0. The van der Waals surface area contributed by atoms with E-state index in [4.69, 9.17) is 9.47 Å². The Morgan fingerprint density at radius 2 is 1.84 bits per heavy atom. The van der Waals surface area contributed by atoms with Crippen LogP contribution >= 0.6 is 0 Å². The summed E-state index contributed by atoms with van der Waals surface area (Å²) < 4.78 is 52.7. The molecule has 0 spiro atoms. The number of benzene rings is 1. The van der Waals surface area contributed by atoms with Gasteiger partial charge in [0.1, 0.15) is 24.0 Å². The van der Waals surface area contributed by atoms with E-state index < -0.39 is 17.6 Å². The van der Waals surface area contributed by atoms with E-state index in [1.54, 1.807) is 0 Å². The van der Waals surface area contributed by atoms with Crippen molar-refractivity contribution in [3.63, 3.8) is 0 Å². The first-order valence-corrected chi connectivity index (χ1v) is 12.7. The van der Waals surface area contributed by atoms with Crippen LogP contribution in [0.4, 0.5) is 19.0 Å². The van der Waals surface area contributed by atoms with E-state index in [0.29, 0.717) is 11.7 Å². The number of aromatic nitrogens is 4. The topological polar surface area (TPSA) is 102 Å². The Morgan fingerprint density at radius 1 is 1.08 bits per heavy atom. The van der Waals surface area contributed by atoms with Gasteiger partial charge in [-0.15, -0.1) is 10.2 Å². The lowest BCUT2D eigenvalue weighted by Gasteiger charge is -2.20. The molecule has 1 amide bonds. The maximum atomic E-state index is 13.8. The average molecular weight is 532 g/mol. The number of ether oxygens (including phenoxy) is 2. The van der Waals surface area contributed by atoms with Crippen molar-refractivity contribution in [2.24, 2.45) is 5.92 Å². The zero-order chi connectivity index (χ0) is 27.3. The summed E-state index contributed by atoms with van der Waals surface area (Å²) >= 11 is 0. The number of hydrogen-bond acceptors (Lipinski definition) is 6. The molecule has 1 aromatic carbocycles. The van der Waals surface area contributed by atoms with Gasteiger partial charge in [-0.2, -0.15) is 13.2 Å². The lowest BCUT2D eigenvalue weighted by atomic mass is 9.99. The third-order valence-electron chi connectivity index (χ3n) is 6.20. The highest BCUT2D eigenvalue weighted by atomic mass is 19.4. The number of nitrogens with one attached hydrogen (secondary N) is 2. The van der Waals surface area contributed by atoms with Gasteiger partial charge in [0, 0.05) is 12.6 Å². The summed E-state index contributed by atoms with van der Waals surface area (Å²) in [6.45, 7) is 6.18. The molecule has 1 aliphatic carbocycles. The highest BCUT2D eigenvalue weighted by Gasteiger charge is 2.34. The maximum absolute atomic E-state index is 13.8. The van der Waals surface area contributed by atoms with Gasteiger partial charge in [0.15, 0.2) is 0 Å². The van der Waals surface area contributed by atoms with Crippen LogP contribution in [0.25, 0.3) is 11.1 Å². The zero-order valence-corrected chi connectivity index (χ0v) is 21.7. The second-order valence-electron chi connectivity index (χ2n) is 10.4. The molecule has 11 heteroatoms. The molecule has 2 N–H and O–H groups in total. The van der Waals surface area contributed by atoms with Gasteiger partial charge in [-0.05, 0) is 68.1 Å². The molecule has 1 saturated carbocycles. The van der Waals surface area contributed by atoms with Gasteiger partial charge in [0.05, 0.1) is 17.8 Å². The first kappa shape index (κ1) is 27.6. The molecule has 0 unspecified atom stereocenters. The Kier molecular flexibility index (Phi) is 8.35. The second kappa shape index (κ2) is 11.5. The van der Waals surface area contributed by atoms with Crippen LogP contribution in [0.3, 0.4) is 0 Å². The summed E-state index contributed by atoms with van der Waals surface area (Å²) in [4.78, 5) is 19.7. The Balaban J connectivity index is 1.49. The number of hydrogen-bond donors (Lipinski definition) is 2. The number of anilines is 1. The van der Waals surface area contributed by atoms with E-state index in [9.17, 15) is 18.0 Å². The smallest absolute Gasteiger partial charge is 0.417 e. The number of nitrogens with zero attached hydrogens (tertiary/aromatic N) is 3. The van der Waals surface area contributed by atoms with Crippen LogP contribution in [-0.4, -0.2) is 44.9 Å². The highest BCUT2D eigenvalue weighted by Crippen LogP contribution is 2.39. The van der Waals surface area contributed by atoms with Crippen molar-refractivity contribution >= 4 is 11.7 Å². The van der Waals surface area contributed by atoms with Crippen LogP contribution in [-0.2, 0) is 17.3 Å². The lowest BCUT2D eigenvalue weighted by Crippen LogP contribution is -2.22. The van der Waals surface area contributed by atoms with Crippen molar-refractivity contribution in [1.29, 1.82) is 0 Å². The lowest BCUT2D eigenvalue weighted by molar-refractivity contribution is -0.137. The van der Waals surface area contributed by atoms with Gasteiger partial charge in [0.2, 0.25) is 5.82 Å². The van der Waals surface area contributed by atoms with Crippen molar-refractivity contribution in [2.45, 2.75) is 64.7 Å². The SMILES string of the molecule is CC(C)(C)OCCOc1ccc(C(F)(F)F)c(-c2ccnc(NC(=O)c3nnc(CC4CCCC4)[nH]3)c2)c1. The molecule has 0 radical (unpaired) electrons. The third-order valence-corrected chi connectivity index (χ3v) is 6.20. The fourth-order valence-electron chi connectivity index (χ4n) is 4.43. The predicted octanol–water partition coefficient (Wildman–Crippen LogP) is 6.06. The molecule has 2 heterocycles. The predicted molar refractivity (Wildman–Crippen MR) is 136 cm³/mol. The van der Waals surface area contributed by atoms with Crippen LogP contribution in [0.2, 0.25) is 0 Å². The monoisotopic (exact) mass is 531 g/mol. The van der Waals surface area contributed by atoms with Gasteiger partial charge in [-0.1, -0.05) is 25.7 Å². The van der Waals surface area contributed by atoms with E-state index in [1.165, 1.54) is 43.3 Å². The van der Waals surface area contributed by atoms with Crippen LogP contribution in [0.1, 0.15) is 68.5 Å². The van der Waals surface area contributed by atoms with Crippen molar-refractivity contribution in [3.05, 3.63) is 53.7 Å². The molecule has 1 fully saturated rings. The summed E-state index contributed by atoms with van der Waals surface area (Å²) in [6.07, 6.45) is 2.14. The van der Waals surface area contributed by atoms with Gasteiger partial charge >= 0.3 is 6.18 Å². The molecular weight excluding hydrogens is 499 g/mol. The molecule has 0 bridgehead atoms. The van der Waals surface area contributed by atoms with Crippen molar-refractivity contribution in [2.75, 3.05) is 18.5 Å². The van der Waals surface area contributed by atoms with E-state index in [-0.39, 0.29) is 47.3 Å². The molecular formula is C27H32F3N5O3. The van der Waals surface area contributed by atoms with Gasteiger partial charge < -0.3 is 19.8 Å². The standard InChI is InChI=1S/C27H32F3N5O3/c1-26(2,3)38-13-12-37-19-8-9-21(27(28,29)30)20(16-19)18-10-11-31-22(15-18)33-25(36)24-32-23(34-35-24)14-17-6-4-5-7-17/h8-11,15-17H,4-7,12-14H2,1-3H3,(H,31,33,36)(H,32,34,35). The number of amides is 1. The number of pyridine rings is 1. The zero-order valence-electron chi connectivity index (χ0n) is 21.7. The molecule has 2 aromatic heterocycles. The van der Waals surface area contributed by atoms with Crippen molar-refractivity contribution < 1.29 is 27.4 Å². The van der Waals surface area contributed by atoms with Crippen LogP contribution in [0.15, 0.2) is 36.5 Å². The highest BCUT2D eigenvalue weighted by molar-refractivity contribution is 6.01. The van der Waals surface area contributed by atoms with Gasteiger partial charge in [-0.3, -0.25) is 4.79 Å². The van der Waals surface area contributed by atoms with Crippen LogP contribution in [0, 0.1) is 5.92 Å². The minimum absolute atomic E-state index is 0.0223. The van der Waals surface area contributed by atoms with E-state index in [2.05, 4.69) is 25.5 Å². The largest absolute Gasteiger partial charge is 0.491 e. The number of carbonyl (C=O) groups is 1. The van der Waals surface area contributed by atoms with Crippen molar-refractivity contribution in [3.8, 4) is 16.9 Å². The minimum atomic E-state index is -4.59. The summed E-state index contributed by atoms with van der Waals surface area (Å²) in [5, 5.41) is 10.6. The van der Waals surface area contributed by atoms with E-state index in [1.807, 2.05) is 20.8 Å². The number of aromatic amines is 1. The Morgan fingerprint density at radius 3 is 2.55 bits per heavy atom. The van der Waals surface area contributed by atoms with Crippen LogP contribution in [0.5, 0.6) is 5.75 Å². The molecule has 8 nitrogen and oxygen atoms in total. The third kappa shape index (κ3) is 7.53. The fourth-order valence-corrected chi connectivity index (χ4v) is 4.43. The number of halogens is 3. The first-order chi connectivity index (χ1) is 18.0. The average Bonchev–Trinajstić information content (AvgIpc) is 3.53. The normalized spacial score (nSPS) is 14.6. The minimum Gasteiger partial charge on any atom is -0.491 e. The number of rotatable bonds is 9. The molecule has 0 saturated heterocycles. The van der Waals surface area contributed by atoms with Gasteiger partial charge in [-0.25, -0.2) is 4.98 Å². The molecule has 0 atom stereocenters. The number of H-pyrrole nitrogens is 1. The molecule has 38 heavy (non-hydrogen) atoms. The molecule has 204 valence electrons. The Hall–Kier alpha value is -3.47.